The first-order valence-electron chi connectivity index (χ1n) is 6.86. The third-order valence-electron chi connectivity index (χ3n) is 3.26. The summed E-state index contributed by atoms with van der Waals surface area (Å²) in [5, 5.41) is 0. The normalized spacial score (nSPS) is 24.6. The second-order valence-corrected chi connectivity index (χ2v) is 5.99. The summed E-state index contributed by atoms with van der Waals surface area (Å²) in [7, 11) is 0. The van der Waals surface area contributed by atoms with Gasteiger partial charge in [-0.2, -0.15) is 0 Å². The molecule has 106 valence electrons. The summed E-state index contributed by atoms with van der Waals surface area (Å²) in [5.41, 5.74) is -0.422. The number of carbonyl (C=O) groups excluding carboxylic acids is 1. The predicted molar refractivity (Wildman–Crippen MR) is 75.4 cm³/mol. The van der Waals surface area contributed by atoms with Crippen molar-refractivity contribution in [3.63, 3.8) is 0 Å². The zero-order valence-corrected chi connectivity index (χ0v) is 12.0. The van der Waals surface area contributed by atoms with Gasteiger partial charge in [0.05, 0.1) is 0 Å². The molecule has 0 spiro atoms. The maximum Gasteiger partial charge on any atom is 0.410 e. The van der Waals surface area contributed by atoms with E-state index in [-0.39, 0.29) is 6.09 Å². The van der Waals surface area contributed by atoms with Crippen LogP contribution in [-0.2, 0) is 4.74 Å². The van der Waals surface area contributed by atoms with E-state index in [9.17, 15) is 4.79 Å². The van der Waals surface area contributed by atoms with Gasteiger partial charge in [-0.3, -0.25) is 9.89 Å². The monoisotopic (exact) mass is 265 g/mol. The molecule has 0 aliphatic carbocycles. The predicted octanol–water partition coefficient (Wildman–Crippen LogP) is 1.90. The Balaban J connectivity index is 1.80. The number of hydrogen-bond acceptors (Lipinski definition) is 4. The van der Waals surface area contributed by atoms with E-state index < -0.39 is 5.60 Å². The van der Waals surface area contributed by atoms with E-state index in [2.05, 4.69) is 16.0 Å². The van der Waals surface area contributed by atoms with Crippen LogP contribution in [0, 0.1) is 0 Å². The highest BCUT2D eigenvalue weighted by molar-refractivity contribution is 5.69. The first-order valence-corrected chi connectivity index (χ1v) is 6.86. The quantitative estimate of drug-likeness (QED) is 0.727. The van der Waals surface area contributed by atoms with Crippen molar-refractivity contribution in [3.8, 4) is 0 Å². The fraction of sp³-hybridized carbons (Fsp3) is 0.714. The molecule has 1 unspecified atom stereocenters. The van der Waals surface area contributed by atoms with Crippen molar-refractivity contribution >= 4 is 12.3 Å². The average Bonchev–Trinajstić information content (AvgIpc) is 2.38. The molecule has 5 heteroatoms. The molecule has 0 radical (unpaired) electrons. The third kappa shape index (κ3) is 4.06. The number of nitrogens with zero attached hydrogens (tertiary/aromatic N) is 3. The molecule has 19 heavy (non-hydrogen) atoms. The summed E-state index contributed by atoms with van der Waals surface area (Å²) in [6.45, 7) is 8.89. The largest absolute Gasteiger partial charge is 0.444 e. The molecule has 1 saturated heterocycles. The highest BCUT2D eigenvalue weighted by Gasteiger charge is 2.28. The minimum atomic E-state index is -0.422. The van der Waals surface area contributed by atoms with E-state index in [1.54, 1.807) is 4.90 Å². The van der Waals surface area contributed by atoms with Crippen molar-refractivity contribution in [2.45, 2.75) is 38.8 Å². The van der Waals surface area contributed by atoms with Crippen molar-refractivity contribution in [1.82, 2.24) is 9.80 Å². The van der Waals surface area contributed by atoms with Crippen molar-refractivity contribution in [2.75, 3.05) is 26.2 Å². The third-order valence-corrected chi connectivity index (χ3v) is 3.26. The molecular formula is C14H23N3O2. The van der Waals surface area contributed by atoms with Crippen LogP contribution in [-0.4, -0.2) is 59.9 Å². The lowest BCUT2D eigenvalue weighted by Gasteiger charge is -2.38. The van der Waals surface area contributed by atoms with Gasteiger partial charge >= 0.3 is 6.09 Å². The Hall–Kier alpha value is -1.36. The Kier molecular flexibility index (Phi) is 4.24. The van der Waals surface area contributed by atoms with Gasteiger partial charge < -0.3 is 9.64 Å². The van der Waals surface area contributed by atoms with Crippen LogP contribution >= 0.6 is 0 Å². The highest BCUT2D eigenvalue weighted by atomic mass is 16.6. The van der Waals surface area contributed by atoms with Gasteiger partial charge in [0.2, 0.25) is 0 Å². The van der Waals surface area contributed by atoms with Crippen molar-refractivity contribution in [1.29, 1.82) is 0 Å². The summed E-state index contributed by atoms with van der Waals surface area (Å²) in [6, 6.07) is 0.380. The van der Waals surface area contributed by atoms with E-state index in [4.69, 9.17) is 4.74 Å². The summed E-state index contributed by atoms with van der Waals surface area (Å²) in [6.07, 6.45) is 6.72. The fourth-order valence-electron chi connectivity index (χ4n) is 2.28. The molecule has 1 atom stereocenters. The van der Waals surface area contributed by atoms with Gasteiger partial charge in [0, 0.05) is 44.6 Å². The molecule has 0 aromatic heterocycles. The molecule has 2 aliphatic heterocycles. The van der Waals surface area contributed by atoms with Gasteiger partial charge in [0.25, 0.3) is 0 Å². The molecule has 2 aliphatic rings. The number of piperazine rings is 1. The van der Waals surface area contributed by atoms with Gasteiger partial charge in [0.15, 0.2) is 0 Å². The fourth-order valence-corrected chi connectivity index (χ4v) is 2.28. The molecule has 0 aromatic carbocycles. The minimum absolute atomic E-state index is 0.204. The number of ether oxygens (including phenoxy) is 1. The van der Waals surface area contributed by atoms with E-state index >= 15 is 0 Å². The maximum atomic E-state index is 11.9. The lowest BCUT2D eigenvalue weighted by atomic mass is 10.1. The Morgan fingerprint density at radius 2 is 1.95 bits per heavy atom. The summed E-state index contributed by atoms with van der Waals surface area (Å²) >= 11 is 0. The van der Waals surface area contributed by atoms with Crippen molar-refractivity contribution in [3.05, 3.63) is 12.3 Å². The maximum absolute atomic E-state index is 11.9. The van der Waals surface area contributed by atoms with Crippen molar-refractivity contribution in [2.24, 2.45) is 4.99 Å². The highest BCUT2D eigenvalue weighted by Crippen LogP contribution is 2.14. The van der Waals surface area contributed by atoms with Crippen LogP contribution in [0.1, 0.15) is 27.2 Å². The molecule has 5 nitrogen and oxygen atoms in total. The molecule has 2 rings (SSSR count). The SMILES string of the molecule is CC(C)(C)OC(=O)N1CCN(C2C=NC=CC2)CC1. The lowest BCUT2D eigenvalue weighted by Crippen LogP contribution is -2.53. The van der Waals surface area contributed by atoms with Crippen LogP contribution < -0.4 is 0 Å². The standard InChI is InChI=1S/C14H23N3O2/c1-14(2,3)19-13(18)17-9-7-16(8-10-17)12-5-4-6-15-11-12/h4,6,11-12H,5,7-10H2,1-3H3. The Morgan fingerprint density at radius 3 is 2.47 bits per heavy atom. The van der Waals surface area contributed by atoms with E-state index in [0.717, 1.165) is 32.6 Å². The van der Waals surface area contributed by atoms with Gasteiger partial charge in [-0.15, -0.1) is 0 Å². The lowest BCUT2D eigenvalue weighted by molar-refractivity contribution is 0.0131. The Bertz CT molecular complexity index is 377. The van der Waals surface area contributed by atoms with Gasteiger partial charge in [0.1, 0.15) is 5.60 Å². The first-order chi connectivity index (χ1) is 8.96. The molecular weight excluding hydrogens is 242 g/mol. The topological polar surface area (TPSA) is 45.1 Å². The van der Waals surface area contributed by atoms with Crippen LogP contribution in [0.3, 0.4) is 0 Å². The number of hydrogen-bond donors (Lipinski definition) is 0. The number of rotatable bonds is 1. The van der Waals surface area contributed by atoms with E-state index in [0.29, 0.717) is 6.04 Å². The number of carbonyl (C=O) groups is 1. The molecule has 0 N–H and O–H groups in total. The molecule has 1 amide bonds. The molecule has 2 heterocycles. The second-order valence-electron chi connectivity index (χ2n) is 5.99. The van der Waals surface area contributed by atoms with Gasteiger partial charge in [-0.05, 0) is 27.2 Å². The summed E-state index contributed by atoms with van der Waals surface area (Å²) in [5.74, 6) is 0. The minimum Gasteiger partial charge on any atom is -0.444 e. The van der Waals surface area contributed by atoms with Crippen LogP contribution in [0.5, 0.6) is 0 Å². The number of amides is 1. The molecule has 0 saturated carbocycles. The smallest absolute Gasteiger partial charge is 0.410 e. The molecule has 1 fully saturated rings. The van der Waals surface area contributed by atoms with E-state index in [1.807, 2.05) is 33.2 Å². The Labute approximate surface area is 114 Å². The van der Waals surface area contributed by atoms with Gasteiger partial charge in [-0.25, -0.2) is 4.79 Å². The second kappa shape index (κ2) is 5.74. The molecule has 0 bridgehead atoms. The van der Waals surface area contributed by atoms with E-state index in [1.165, 1.54) is 0 Å². The first kappa shape index (κ1) is 14.1. The van der Waals surface area contributed by atoms with Crippen LogP contribution in [0.15, 0.2) is 17.3 Å². The van der Waals surface area contributed by atoms with Crippen LogP contribution in [0.2, 0.25) is 0 Å². The number of aliphatic imine (C=N–C) groups is 1. The molecule has 0 aromatic rings. The van der Waals surface area contributed by atoms with Gasteiger partial charge in [-0.1, -0.05) is 6.08 Å². The van der Waals surface area contributed by atoms with Crippen LogP contribution in [0.25, 0.3) is 0 Å². The average molecular weight is 265 g/mol. The summed E-state index contributed by atoms with van der Waals surface area (Å²) < 4.78 is 5.39. The van der Waals surface area contributed by atoms with Crippen molar-refractivity contribution < 1.29 is 9.53 Å². The summed E-state index contributed by atoms with van der Waals surface area (Å²) in [4.78, 5) is 20.3. The zero-order chi connectivity index (χ0) is 13.9. The zero-order valence-electron chi connectivity index (χ0n) is 12.0. The Morgan fingerprint density at radius 1 is 1.26 bits per heavy atom. The van der Waals surface area contributed by atoms with Crippen LogP contribution in [0.4, 0.5) is 4.79 Å².